The summed E-state index contributed by atoms with van der Waals surface area (Å²) in [5.74, 6) is -0.447. The molecule has 54 valence electrons. The molecule has 0 saturated carbocycles. The zero-order valence-electron chi connectivity index (χ0n) is 5.84. The normalized spacial score (nSPS) is 10.6. The molecular weight excluding hydrogens is 126 g/mol. The van der Waals surface area contributed by atoms with E-state index in [1.807, 2.05) is 0 Å². The molecule has 0 spiro atoms. The molecule has 0 aliphatic heterocycles. The molecule has 10 heavy (non-hydrogen) atoms. The molecule has 0 bridgehead atoms. The second-order valence-electron chi connectivity index (χ2n) is 1.75. The minimum Gasteiger partial charge on any atom is -0.366 e. The summed E-state index contributed by atoms with van der Waals surface area (Å²) in [7, 11) is 0. The molecule has 0 rings (SSSR count). The van der Waals surface area contributed by atoms with Crippen molar-refractivity contribution in [3.05, 3.63) is 37.0 Å². The van der Waals surface area contributed by atoms with E-state index in [0.29, 0.717) is 12.0 Å². The van der Waals surface area contributed by atoms with Crippen molar-refractivity contribution in [3.8, 4) is 0 Å². The summed E-state index contributed by atoms with van der Waals surface area (Å²) in [5.41, 5.74) is 5.42. The van der Waals surface area contributed by atoms with Gasteiger partial charge in [-0.2, -0.15) is 0 Å². The van der Waals surface area contributed by atoms with Gasteiger partial charge in [-0.25, -0.2) is 0 Å². The Balaban J connectivity index is 4.17. The number of carbonyl (C=O) groups is 1. The fourth-order valence-electron chi connectivity index (χ4n) is 0.495. The van der Waals surface area contributed by atoms with Crippen molar-refractivity contribution in [2.75, 3.05) is 0 Å². The third-order valence-corrected chi connectivity index (χ3v) is 1.01. The van der Waals surface area contributed by atoms with E-state index in [1.54, 1.807) is 12.2 Å². The van der Waals surface area contributed by atoms with Gasteiger partial charge in [0.25, 0.3) is 0 Å². The molecule has 0 aromatic heterocycles. The highest BCUT2D eigenvalue weighted by atomic mass is 16.1. The van der Waals surface area contributed by atoms with Gasteiger partial charge < -0.3 is 5.73 Å². The van der Waals surface area contributed by atoms with Crippen molar-refractivity contribution >= 4 is 5.91 Å². The topological polar surface area (TPSA) is 43.1 Å². The van der Waals surface area contributed by atoms with Crippen LogP contribution in [-0.2, 0) is 4.79 Å². The molecule has 2 heteroatoms. The molecule has 0 heterocycles. The summed E-state index contributed by atoms with van der Waals surface area (Å²) in [6, 6.07) is 0. The molecular formula is C8H11NO. The van der Waals surface area contributed by atoms with Gasteiger partial charge in [-0.15, -0.1) is 6.58 Å². The Morgan fingerprint density at radius 1 is 1.50 bits per heavy atom. The zero-order chi connectivity index (χ0) is 7.98. The first kappa shape index (κ1) is 8.69. The van der Waals surface area contributed by atoms with E-state index in [0.717, 1.165) is 0 Å². The molecule has 1 amide bonds. The first-order valence-corrected chi connectivity index (χ1v) is 2.95. The van der Waals surface area contributed by atoms with Gasteiger partial charge in [-0.3, -0.25) is 4.79 Å². The highest BCUT2D eigenvalue weighted by molar-refractivity contribution is 5.94. The summed E-state index contributed by atoms with van der Waals surface area (Å²) in [4.78, 5) is 10.5. The van der Waals surface area contributed by atoms with Crippen LogP contribution in [0.5, 0.6) is 0 Å². The van der Waals surface area contributed by atoms with Crippen LogP contribution in [-0.4, -0.2) is 5.91 Å². The van der Waals surface area contributed by atoms with Crippen molar-refractivity contribution in [1.82, 2.24) is 0 Å². The van der Waals surface area contributed by atoms with E-state index < -0.39 is 5.91 Å². The van der Waals surface area contributed by atoms with Gasteiger partial charge in [0.1, 0.15) is 0 Å². The Hall–Kier alpha value is -1.31. The molecule has 0 saturated heterocycles. The molecule has 2 nitrogen and oxygen atoms in total. The average molecular weight is 137 g/mol. The van der Waals surface area contributed by atoms with Crippen LogP contribution in [0.1, 0.15) is 6.42 Å². The van der Waals surface area contributed by atoms with Crippen LogP contribution < -0.4 is 5.73 Å². The SMILES string of the molecule is C=CC/C=C(/C=C)C(N)=O. The maximum Gasteiger partial charge on any atom is 0.248 e. The summed E-state index contributed by atoms with van der Waals surface area (Å²) >= 11 is 0. The molecule has 0 aromatic carbocycles. The lowest BCUT2D eigenvalue weighted by Crippen LogP contribution is -2.11. The van der Waals surface area contributed by atoms with Crippen LogP contribution in [0.4, 0.5) is 0 Å². The molecule has 0 unspecified atom stereocenters. The molecule has 0 aliphatic rings. The fourth-order valence-corrected chi connectivity index (χ4v) is 0.495. The van der Waals surface area contributed by atoms with E-state index in [4.69, 9.17) is 5.73 Å². The summed E-state index contributed by atoms with van der Waals surface area (Å²) < 4.78 is 0. The van der Waals surface area contributed by atoms with Crippen LogP contribution in [0.25, 0.3) is 0 Å². The summed E-state index contributed by atoms with van der Waals surface area (Å²) in [5, 5.41) is 0. The highest BCUT2D eigenvalue weighted by Gasteiger charge is 1.95. The second kappa shape index (κ2) is 4.56. The van der Waals surface area contributed by atoms with Gasteiger partial charge in [0, 0.05) is 5.57 Å². The Labute approximate surface area is 60.7 Å². The zero-order valence-corrected chi connectivity index (χ0v) is 5.84. The van der Waals surface area contributed by atoms with Gasteiger partial charge in [0.15, 0.2) is 0 Å². The highest BCUT2D eigenvalue weighted by Crippen LogP contribution is 1.96. The Kier molecular flexibility index (Phi) is 3.96. The van der Waals surface area contributed by atoms with Gasteiger partial charge in [0.05, 0.1) is 0 Å². The number of carbonyl (C=O) groups excluding carboxylic acids is 1. The molecule has 0 fully saturated rings. The Morgan fingerprint density at radius 2 is 2.10 bits per heavy atom. The Morgan fingerprint density at radius 3 is 2.40 bits per heavy atom. The van der Waals surface area contributed by atoms with Gasteiger partial charge in [0.2, 0.25) is 5.91 Å². The smallest absolute Gasteiger partial charge is 0.248 e. The molecule has 2 N–H and O–H groups in total. The van der Waals surface area contributed by atoms with Crippen LogP contribution in [0.2, 0.25) is 0 Å². The van der Waals surface area contributed by atoms with Crippen molar-refractivity contribution in [3.63, 3.8) is 0 Å². The molecule has 0 aromatic rings. The molecule has 0 atom stereocenters. The maximum atomic E-state index is 10.5. The molecule has 0 aliphatic carbocycles. The molecule has 0 radical (unpaired) electrons. The van der Waals surface area contributed by atoms with E-state index in [9.17, 15) is 4.79 Å². The van der Waals surface area contributed by atoms with E-state index in [2.05, 4.69) is 13.2 Å². The predicted molar refractivity (Wildman–Crippen MR) is 42.3 cm³/mol. The monoisotopic (exact) mass is 137 g/mol. The lowest BCUT2D eigenvalue weighted by Gasteiger charge is -1.91. The standard InChI is InChI=1S/C8H11NO/c1-3-5-6-7(4-2)8(9)10/h3-4,6H,1-2,5H2,(H2,9,10)/b7-6-. The number of rotatable bonds is 4. The van der Waals surface area contributed by atoms with E-state index in [-0.39, 0.29) is 0 Å². The Bertz CT molecular complexity index is 180. The van der Waals surface area contributed by atoms with Crippen LogP contribution in [0.3, 0.4) is 0 Å². The van der Waals surface area contributed by atoms with Crippen molar-refractivity contribution in [2.24, 2.45) is 5.73 Å². The van der Waals surface area contributed by atoms with Crippen LogP contribution in [0, 0.1) is 0 Å². The second-order valence-corrected chi connectivity index (χ2v) is 1.75. The number of primary amides is 1. The lowest BCUT2D eigenvalue weighted by atomic mass is 10.2. The van der Waals surface area contributed by atoms with E-state index >= 15 is 0 Å². The number of nitrogens with two attached hydrogens (primary N) is 1. The minimum absolute atomic E-state index is 0.444. The predicted octanol–water partition coefficient (Wildman–Crippen LogP) is 1.16. The van der Waals surface area contributed by atoms with Crippen molar-refractivity contribution in [2.45, 2.75) is 6.42 Å². The average Bonchev–Trinajstić information content (AvgIpc) is 1.89. The van der Waals surface area contributed by atoms with E-state index in [1.165, 1.54) is 6.08 Å². The quantitative estimate of drug-likeness (QED) is 0.352. The minimum atomic E-state index is -0.447. The van der Waals surface area contributed by atoms with Gasteiger partial charge in [-0.05, 0) is 6.42 Å². The van der Waals surface area contributed by atoms with Gasteiger partial charge in [-0.1, -0.05) is 24.8 Å². The lowest BCUT2D eigenvalue weighted by molar-refractivity contribution is -0.114. The number of hydrogen-bond donors (Lipinski definition) is 1. The number of amides is 1. The number of hydrogen-bond acceptors (Lipinski definition) is 1. The largest absolute Gasteiger partial charge is 0.366 e. The first-order chi connectivity index (χ1) is 4.72. The number of allylic oxidation sites excluding steroid dienone is 2. The third kappa shape index (κ3) is 2.87. The fraction of sp³-hybridized carbons (Fsp3) is 0.125. The summed E-state index contributed by atoms with van der Waals surface area (Å²) in [6.45, 7) is 6.93. The van der Waals surface area contributed by atoms with Crippen molar-refractivity contribution in [1.29, 1.82) is 0 Å². The van der Waals surface area contributed by atoms with Crippen molar-refractivity contribution < 1.29 is 4.79 Å². The third-order valence-electron chi connectivity index (χ3n) is 1.01. The van der Waals surface area contributed by atoms with Crippen LogP contribution >= 0.6 is 0 Å². The summed E-state index contributed by atoms with van der Waals surface area (Å²) in [6.07, 6.45) is 5.45. The van der Waals surface area contributed by atoms with Gasteiger partial charge >= 0.3 is 0 Å². The maximum absolute atomic E-state index is 10.5. The first-order valence-electron chi connectivity index (χ1n) is 2.95. The van der Waals surface area contributed by atoms with Crippen LogP contribution in [0.15, 0.2) is 37.0 Å².